The third-order valence-corrected chi connectivity index (χ3v) is 4.20. The summed E-state index contributed by atoms with van der Waals surface area (Å²) in [5, 5.41) is 4.65. The van der Waals surface area contributed by atoms with Gasteiger partial charge in [0.05, 0.1) is 10.7 Å². The Morgan fingerprint density at radius 1 is 1.29 bits per heavy atom. The normalized spacial score (nSPS) is 15.2. The molecule has 0 aromatic heterocycles. The van der Waals surface area contributed by atoms with Crippen molar-refractivity contribution in [2.24, 2.45) is 5.92 Å². The van der Waals surface area contributed by atoms with Crippen LogP contribution in [0.25, 0.3) is 0 Å². The number of hydrogen-bond donors (Lipinski definition) is 1. The summed E-state index contributed by atoms with van der Waals surface area (Å²) in [5.41, 5.74) is 2.59. The Labute approximate surface area is 135 Å². The lowest BCUT2D eigenvalue weighted by atomic mass is 9.99. The Hall–Kier alpha value is -1.25. The van der Waals surface area contributed by atoms with Crippen molar-refractivity contribution in [1.82, 2.24) is 0 Å². The van der Waals surface area contributed by atoms with Crippen molar-refractivity contribution in [1.29, 1.82) is 0 Å². The van der Waals surface area contributed by atoms with Crippen molar-refractivity contribution in [2.75, 3.05) is 5.32 Å². The highest BCUT2D eigenvalue weighted by atomic mass is 35.5. The van der Waals surface area contributed by atoms with Gasteiger partial charge in [-0.3, -0.25) is 4.79 Å². The highest BCUT2D eigenvalue weighted by Gasteiger charge is 2.16. The maximum Gasteiger partial charge on any atom is 0.139 e. The van der Waals surface area contributed by atoms with Gasteiger partial charge in [0.2, 0.25) is 0 Å². The zero-order chi connectivity index (χ0) is 15.4. The third-order valence-electron chi connectivity index (χ3n) is 3.48. The van der Waals surface area contributed by atoms with E-state index in [1.54, 1.807) is 0 Å². The SMILES string of the molecule is CC(C)C(=O)Cc1ccccc1NC1=C(Cl)CCC=C1Cl. The molecule has 0 fully saturated rings. The van der Waals surface area contributed by atoms with Gasteiger partial charge < -0.3 is 5.32 Å². The third kappa shape index (κ3) is 4.12. The van der Waals surface area contributed by atoms with Crippen LogP contribution in [-0.2, 0) is 11.2 Å². The monoisotopic (exact) mass is 323 g/mol. The number of nitrogens with one attached hydrogen (secondary N) is 1. The first-order valence-corrected chi connectivity index (χ1v) is 7.87. The Kier molecular flexibility index (Phi) is 5.49. The molecule has 112 valence electrons. The molecule has 1 aromatic rings. The molecule has 0 saturated heterocycles. The quantitative estimate of drug-likeness (QED) is 0.803. The highest BCUT2D eigenvalue weighted by molar-refractivity contribution is 6.36. The fourth-order valence-electron chi connectivity index (χ4n) is 2.13. The molecule has 0 bridgehead atoms. The minimum atomic E-state index is 0.0269. The minimum Gasteiger partial charge on any atom is -0.353 e. The molecule has 0 spiro atoms. The number of carbonyl (C=O) groups excluding carboxylic acids is 1. The first kappa shape index (κ1) is 16.1. The number of hydrogen-bond acceptors (Lipinski definition) is 2. The van der Waals surface area contributed by atoms with Gasteiger partial charge in [0.25, 0.3) is 0 Å². The van der Waals surface area contributed by atoms with E-state index in [9.17, 15) is 4.79 Å². The average Bonchev–Trinajstić information content (AvgIpc) is 2.44. The fourth-order valence-corrected chi connectivity index (χ4v) is 2.71. The molecular weight excluding hydrogens is 305 g/mol. The number of Topliss-reactive ketones (excluding diaryl/α,β-unsaturated/α-hetero) is 1. The fraction of sp³-hybridized carbons (Fsp3) is 0.353. The molecule has 0 radical (unpaired) electrons. The van der Waals surface area contributed by atoms with E-state index < -0.39 is 0 Å². The summed E-state index contributed by atoms with van der Waals surface area (Å²) in [6, 6.07) is 7.76. The Morgan fingerprint density at radius 3 is 2.67 bits per heavy atom. The van der Waals surface area contributed by atoms with Crippen LogP contribution in [0.3, 0.4) is 0 Å². The molecule has 21 heavy (non-hydrogen) atoms. The van der Waals surface area contributed by atoms with Crippen molar-refractivity contribution in [3.8, 4) is 0 Å². The second kappa shape index (κ2) is 7.15. The Morgan fingerprint density at radius 2 is 2.00 bits per heavy atom. The maximum absolute atomic E-state index is 12.0. The van der Waals surface area contributed by atoms with Gasteiger partial charge in [-0.25, -0.2) is 0 Å². The second-order valence-electron chi connectivity index (χ2n) is 5.45. The molecule has 2 nitrogen and oxygen atoms in total. The summed E-state index contributed by atoms with van der Waals surface area (Å²) in [6.45, 7) is 3.83. The summed E-state index contributed by atoms with van der Waals surface area (Å²) in [7, 11) is 0. The van der Waals surface area contributed by atoms with Crippen LogP contribution in [0.2, 0.25) is 0 Å². The number of para-hydroxylation sites is 1. The van der Waals surface area contributed by atoms with Crippen LogP contribution in [0.5, 0.6) is 0 Å². The van der Waals surface area contributed by atoms with Gasteiger partial charge in [-0.1, -0.05) is 61.3 Å². The van der Waals surface area contributed by atoms with Crippen molar-refractivity contribution >= 4 is 34.7 Å². The molecule has 1 N–H and O–H groups in total. The summed E-state index contributed by atoms with van der Waals surface area (Å²) in [6.07, 6.45) is 4.01. The molecule has 0 saturated carbocycles. The van der Waals surface area contributed by atoms with Crippen LogP contribution in [-0.4, -0.2) is 5.78 Å². The van der Waals surface area contributed by atoms with Gasteiger partial charge in [0.1, 0.15) is 5.78 Å². The van der Waals surface area contributed by atoms with Crippen LogP contribution < -0.4 is 5.32 Å². The summed E-state index contributed by atoms with van der Waals surface area (Å²) in [5.74, 6) is 0.244. The van der Waals surface area contributed by atoms with E-state index in [-0.39, 0.29) is 11.7 Å². The zero-order valence-electron chi connectivity index (χ0n) is 12.2. The van der Waals surface area contributed by atoms with Gasteiger partial charge in [-0.2, -0.15) is 0 Å². The van der Waals surface area contributed by atoms with E-state index in [1.807, 2.05) is 44.2 Å². The molecule has 0 unspecified atom stereocenters. The number of allylic oxidation sites excluding steroid dienone is 3. The van der Waals surface area contributed by atoms with E-state index in [0.717, 1.165) is 34.8 Å². The minimum absolute atomic E-state index is 0.0269. The molecule has 1 aromatic carbocycles. The molecule has 0 atom stereocenters. The number of benzene rings is 1. The standard InChI is InChI=1S/C17H19Cl2NO/c1-11(2)16(21)10-12-6-3-4-9-15(12)20-17-13(18)7-5-8-14(17)19/h3-4,6-7,9,11,20H,5,8,10H2,1-2H3. The molecule has 0 heterocycles. The lowest BCUT2D eigenvalue weighted by Gasteiger charge is -2.19. The maximum atomic E-state index is 12.0. The predicted molar refractivity (Wildman–Crippen MR) is 89.7 cm³/mol. The van der Waals surface area contributed by atoms with E-state index >= 15 is 0 Å². The molecule has 1 aliphatic carbocycles. The second-order valence-corrected chi connectivity index (χ2v) is 6.31. The number of rotatable bonds is 5. The van der Waals surface area contributed by atoms with Crippen LogP contribution >= 0.6 is 23.2 Å². The molecular formula is C17H19Cl2NO. The largest absolute Gasteiger partial charge is 0.353 e. The number of anilines is 1. The number of halogens is 2. The number of carbonyl (C=O) groups is 1. The summed E-state index contributed by atoms with van der Waals surface area (Å²) in [4.78, 5) is 12.0. The lowest BCUT2D eigenvalue weighted by Crippen LogP contribution is -2.13. The van der Waals surface area contributed by atoms with Crippen LogP contribution in [0.1, 0.15) is 32.3 Å². The van der Waals surface area contributed by atoms with Crippen LogP contribution in [0, 0.1) is 5.92 Å². The van der Waals surface area contributed by atoms with E-state index in [0.29, 0.717) is 11.5 Å². The molecule has 1 aliphatic rings. The van der Waals surface area contributed by atoms with Gasteiger partial charge in [-0.05, 0) is 24.5 Å². The molecule has 0 aliphatic heterocycles. The number of ketones is 1. The van der Waals surface area contributed by atoms with Crippen LogP contribution in [0.4, 0.5) is 5.69 Å². The Bertz CT molecular complexity index is 603. The summed E-state index contributed by atoms with van der Waals surface area (Å²) < 4.78 is 0. The van der Waals surface area contributed by atoms with Crippen molar-refractivity contribution in [3.05, 3.63) is 51.7 Å². The van der Waals surface area contributed by atoms with E-state index in [1.165, 1.54) is 0 Å². The average molecular weight is 324 g/mol. The van der Waals surface area contributed by atoms with Gasteiger partial charge >= 0.3 is 0 Å². The van der Waals surface area contributed by atoms with Gasteiger partial charge in [-0.15, -0.1) is 0 Å². The lowest BCUT2D eigenvalue weighted by molar-refractivity contribution is -0.121. The predicted octanol–water partition coefficient (Wildman–Crippen LogP) is 5.23. The van der Waals surface area contributed by atoms with Crippen molar-refractivity contribution in [2.45, 2.75) is 33.1 Å². The van der Waals surface area contributed by atoms with E-state index in [4.69, 9.17) is 23.2 Å². The van der Waals surface area contributed by atoms with Gasteiger partial charge in [0.15, 0.2) is 0 Å². The Balaban J connectivity index is 2.25. The topological polar surface area (TPSA) is 29.1 Å². The molecule has 0 amide bonds. The van der Waals surface area contributed by atoms with E-state index in [2.05, 4.69) is 5.32 Å². The molecule has 2 rings (SSSR count). The smallest absolute Gasteiger partial charge is 0.139 e. The van der Waals surface area contributed by atoms with Crippen molar-refractivity contribution in [3.63, 3.8) is 0 Å². The highest BCUT2D eigenvalue weighted by Crippen LogP contribution is 2.32. The first-order valence-electron chi connectivity index (χ1n) is 7.11. The van der Waals surface area contributed by atoms with Gasteiger partial charge in [0, 0.05) is 23.1 Å². The summed E-state index contributed by atoms with van der Waals surface area (Å²) >= 11 is 12.5. The zero-order valence-corrected chi connectivity index (χ0v) is 13.8. The van der Waals surface area contributed by atoms with Crippen LogP contribution in [0.15, 0.2) is 46.1 Å². The van der Waals surface area contributed by atoms with Crippen molar-refractivity contribution < 1.29 is 4.79 Å². The first-order chi connectivity index (χ1) is 9.99. The molecule has 4 heteroatoms.